The molecule has 7 nitrogen and oxygen atoms in total. The Labute approximate surface area is 194 Å². The van der Waals surface area contributed by atoms with Crippen LogP contribution >= 0.6 is 34.5 Å². The highest BCUT2D eigenvalue weighted by atomic mass is 35.5. The molecule has 0 radical (unpaired) electrons. The third-order valence-corrected chi connectivity index (χ3v) is 7.00. The number of pyridine rings is 1. The zero-order valence-electron chi connectivity index (χ0n) is 17.1. The fourth-order valence-electron chi connectivity index (χ4n) is 3.72. The van der Waals surface area contributed by atoms with Crippen LogP contribution in [0.1, 0.15) is 47.9 Å². The van der Waals surface area contributed by atoms with Crippen LogP contribution in [-0.4, -0.2) is 39.3 Å². The first-order valence-corrected chi connectivity index (χ1v) is 11.5. The number of carbonyl (C=O) groups is 1. The number of hydrogen-bond donors (Lipinski definition) is 1. The van der Waals surface area contributed by atoms with Gasteiger partial charge in [0.1, 0.15) is 15.0 Å². The number of carbonyl (C=O) groups excluding carboxylic acids is 1. The minimum absolute atomic E-state index is 0.0214. The van der Waals surface area contributed by atoms with Gasteiger partial charge in [-0.3, -0.25) is 4.98 Å². The summed E-state index contributed by atoms with van der Waals surface area (Å²) in [5.74, 6) is -0.0681. The Kier molecular flexibility index (Phi) is 6.41. The van der Waals surface area contributed by atoms with Gasteiger partial charge in [-0.15, -0.1) is 10.2 Å². The number of nitrogens with zero attached hydrogens (tertiary/aromatic N) is 4. The van der Waals surface area contributed by atoms with Gasteiger partial charge in [-0.2, -0.15) is 0 Å². The lowest BCUT2D eigenvalue weighted by Gasteiger charge is -2.42. The van der Waals surface area contributed by atoms with Crippen molar-refractivity contribution in [1.82, 2.24) is 20.2 Å². The van der Waals surface area contributed by atoms with Gasteiger partial charge in [0, 0.05) is 18.2 Å². The summed E-state index contributed by atoms with van der Waals surface area (Å²) < 4.78 is 5.21. The van der Waals surface area contributed by atoms with Gasteiger partial charge in [-0.25, -0.2) is 9.78 Å². The van der Waals surface area contributed by atoms with Crippen molar-refractivity contribution in [2.24, 2.45) is 0 Å². The summed E-state index contributed by atoms with van der Waals surface area (Å²) in [6.07, 6.45) is 5.14. The maximum atomic E-state index is 11.9. The highest BCUT2D eigenvalue weighted by Gasteiger charge is 2.41. The van der Waals surface area contributed by atoms with Crippen molar-refractivity contribution in [1.29, 1.82) is 0 Å². The van der Waals surface area contributed by atoms with Gasteiger partial charge in [0.05, 0.1) is 17.3 Å². The van der Waals surface area contributed by atoms with Crippen LogP contribution in [0.3, 0.4) is 0 Å². The monoisotopic (exact) mass is 477 g/mol. The summed E-state index contributed by atoms with van der Waals surface area (Å²) in [6, 6.07) is 5.71. The maximum absolute atomic E-state index is 11.9. The summed E-state index contributed by atoms with van der Waals surface area (Å²) in [4.78, 5) is 20.8. The second-order valence-electron chi connectivity index (χ2n) is 7.44. The van der Waals surface area contributed by atoms with Crippen LogP contribution in [0.5, 0.6) is 0 Å². The molecule has 0 aromatic carbocycles. The highest BCUT2D eigenvalue weighted by molar-refractivity contribution is 7.19. The summed E-state index contributed by atoms with van der Waals surface area (Å²) in [6.45, 7) is 4.73. The predicted molar refractivity (Wildman–Crippen MR) is 122 cm³/mol. The minimum Gasteiger partial charge on any atom is -0.461 e. The second kappa shape index (κ2) is 9.06. The van der Waals surface area contributed by atoms with Crippen LogP contribution in [0.2, 0.25) is 9.36 Å². The van der Waals surface area contributed by atoms with Crippen LogP contribution in [-0.2, 0) is 10.2 Å². The zero-order valence-corrected chi connectivity index (χ0v) is 19.4. The quantitative estimate of drug-likeness (QED) is 0.460. The van der Waals surface area contributed by atoms with Crippen molar-refractivity contribution in [2.45, 2.75) is 38.5 Å². The van der Waals surface area contributed by atoms with E-state index in [1.165, 1.54) is 12.0 Å². The molecule has 10 heteroatoms. The number of hydrogen-bond acceptors (Lipinski definition) is 8. The first kappa shape index (κ1) is 21.9. The predicted octanol–water partition coefficient (Wildman–Crippen LogP) is 5.32. The molecule has 3 heterocycles. The Hall–Kier alpha value is -2.29. The molecule has 0 saturated heterocycles. The molecule has 1 N–H and O–H groups in total. The summed E-state index contributed by atoms with van der Waals surface area (Å²) in [5.41, 5.74) is 2.80. The van der Waals surface area contributed by atoms with Gasteiger partial charge in [-0.05, 0) is 44.4 Å². The lowest BCUT2D eigenvalue weighted by atomic mass is 9.65. The van der Waals surface area contributed by atoms with Crippen LogP contribution in [0.4, 0.5) is 5.82 Å². The van der Waals surface area contributed by atoms with E-state index in [4.69, 9.17) is 27.9 Å². The molecule has 3 aromatic rings. The molecule has 1 fully saturated rings. The third-order valence-electron chi connectivity index (χ3n) is 5.44. The first-order valence-electron chi connectivity index (χ1n) is 9.96. The Balaban J connectivity index is 1.52. The fraction of sp³-hybridized carbons (Fsp3) is 0.381. The van der Waals surface area contributed by atoms with Crippen molar-refractivity contribution in [3.63, 3.8) is 0 Å². The van der Waals surface area contributed by atoms with E-state index in [1.807, 2.05) is 12.3 Å². The van der Waals surface area contributed by atoms with E-state index in [0.29, 0.717) is 28.1 Å². The molecular weight excluding hydrogens is 457 g/mol. The Morgan fingerprint density at radius 3 is 2.77 bits per heavy atom. The number of esters is 1. The molecule has 0 spiro atoms. The van der Waals surface area contributed by atoms with Crippen LogP contribution < -0.4 is 5.32 Å². The van der Waals surface area contributed by atoms with E-state index in [2.05, 4.69) is 38.5 Å². The van der Waals surface area contributed by atoms with E-state index in [9.17, 15) is 4.79 Å². The van der Waals surface area contributed by atoms with E-state index >= 15 is 0 Å². The molecule has 1 aliphatic carbocycles. The summed E-state index contributed by atoms with van der Waals surface area (Å²) >= 11 is 13.8. The lowest BCUT2D eigenvalue weighted by molar-refractivity contribution is 0.0520. The standard InChI is InChI=1S/C21H21Cl2N5O2S/c1-3-30-20(29)15-17(23)31-19(26-15)14-10-13(22)18(28-27-14)25-11-21(7-5-8-21)16-12(2)6-4-9-24-16/h4,6,9-10H,3,5,7-8,11H2,1-2H3,(H,25,28). The molecule has 1 aliphatic rings. The number of ether oxygens (including phenoxy) is 1. The number of nitrogens with one attached hydrogen (secondary N) is 1. The largest absolute Gasteiger partial charge is 0.461 e. The van der Waals surface area contributed by atoms with E-state index in [1.54, 1.807) is 13.0 Å². The van der Waals surface area contributed by atoms with Crippen LogP contribution in [0, 0.1) is 6.92 Å². The Bertz CT molecular complexity index is 1120. The zero-order chi connectivity index (χ0) is 22.0. The molecule has 162 valence electrons. The highest BCUT2D eigenvalue weighted by Crippen LogP contribution is 2.44. The van der Waals surface area contributed by atoms with Crippen molar-refractivity contribution >= 4 is 46.3 Å². The third kappa shape index (κ3) is 4.37. The first-order chi connectivity index (χ1) is 14.9. The fourth-order valence-corrected chi connectivity index (χ4v) is 5.01. The van der Waals surface area contributed by atoms with Gasteiger partial charge < -0.3 is 10.1 Å². The molecule has 0 bridgehead atoms. The summed E-state index contributed by atoms with van der Waals surface area (Å²) in [7, 11) is 0. The number of aromatic nitrogens is 4. The van der Waals surface area contributed by atoms with Gasteiger partial charge in [0.2, 0.25) is 0 Å². The van der Waals surface area contributed by atoms with Gasteiger partial charge in [0.15, 0.2) is 11.5 Å². The smallest absolute Gasteiger partial charge is 0.359 e. The molecule has 0 amide bonds. The van der Waals surface area contributed by atoms with E-state index in [0.717, 1.165) is 29.9 Å². The SMILES string of the molecule is CCOC(=O)c1nc(-c2cc(Cl)c(NCC3(c4ncccc4C)CCC3)nn2)sc1Cl. The number of halogens is 2. The molecule has 0 unspecified atom stereocenters. The molecule has 4 rings (SSSR count). The van der Waals surface area contributed by atoms with E-state index < -0.39 is 5.97 Å². The average molecular weight is 478 g/mol. The average Bonchev–Trinajstić information content (AvgIpc) is 3.11. The number of aryl methyl sites for hydroxylation is 1. The molecule has 31 heavy (non-hydrogen) atoms. The van der Waals surface area contributed by atoms with Gasteiger partial charge in [-0.1, -0.05) is 47.0 Å². The Morgan fingerprint density at radius 1 is 1.32 bits per heavy atom. The van der Waals surface area contributed by atoms with Crippen molar-refractivity contribution in [2.75, 3.05) is 18.5 Å². The molecule has 3 aromatic heterocycles. The van der Waals surface area contributed by atoms with Crippen molar-refractivity contribution in [3.8, 4) is 10.7 Å². The number of anilines is 1. The van der Waals surface area contributed by atoms with Crippen molar-refractivity contribution in [3.05, 3.63) is 50.7 Å². The Morgan fingerprint density at radius 2 is 2.13 bits per heavy atom. The number of thiazole rings is 1. The molecular formula is C21H21Cl2N5O2S. The topological polar surface area (TPSA) is 89.9 Å². The number of rotatable bonds is 7. The second-order valence-corrected chi connectivity index (χ2v) is 9.45. The molecule has 1 saturated carbocycles. The lowest BCUT2D eigenvalue weighted by Crippen LogP contribution is -2.42. The summed E-state index contributed by atoms with van der Waals surface area (Å²) in [5, 5.41) is 12.7. The normalized spacial score (nSPS) is 14.7. The molecule has 0 aliphatic heterocycles. The minimum atomic E-state index is -0.567. The molecule has 0 atom stereocenters. The van der Waals surface area contributed by atoms with Crippen molar-refractivity contribution < 1.29 is 9.53 Å². The van der Waals surface area contributed by atoms with E-state index in [-0.39, 0.29) is 22.1 Å². The van der Waals surface area contributed by atoms with Gasteiger partial charge >= 0.3 is 5.97 Å². The van der Waals surface area contributed by atoms with Gasteiger partial charge in [0.25, 0.3) is 0 Å². The van der Waals surface area contributed by atoms with Crippen LogP contribution in [0.25, 0.3) is 10.7 Å². The maximum Gasteiger partial charge on any atom is 0.359 e. The van der Waals surface area contributed by atoms with Crippen LogP contribution in [0.15, 0.2) is 24.4 Å².